The molecule has 0 aliphatic rings. The molecular weight excluding hydrogens is 522 g/mol. The molecule has 160 valence electrons. The topological polar surface area (TPSA) is 17.1 Å². The van der Waals surface area contributed by atoms with Crippen LogP contribution in [0.1, 0.15) is 101 Å². The summed E-state index contributed by atoms with van der Waals surface area (Å²) in [4.78, 5) is 14.7. The number of rotatable bonds is 6. The summed E-state index contributed by atoms with van der Waals surface area (Å²) in [6, 6.07) is 0. The Morgan fingerprint density at radius 3 is 0.840 bits per heavy atom. The summed E-state index contributed by atoms with van der Waals surface area (Å²) < 4.78 is 0. The van der Waals surface area contributed by atoms with Gasteiger partial charge in [-0.1, -0.05) is 0 Å². The zero-order chi connectivity index (χ0) is 19.9. The SMILES string of the molecule is CC(C)[PH](C(=O)[PH](C(C)C)(C(C)C)C(C)(C)C)(C(C)C)C(C)(C)C.[H-].[H-].[H-].[Ir+3]. The van der Waals surface area contributed by atoms with Crippen LogP contribution in [0.3, 0.4) is 0 Å². The van der Waals surface area contributed by atoms with E-state index in [2.05, 4.69) is 96.9 Å². The van der Waals surface area contributed by atoms with E-state index in [9.17, 15) is 4.79 Å². The van der Waals surface area contributed by atoms with Gasteiger partial charge in [0.05, 0.1) is 0 Å². The molecule has 4 heteroatoms. The van der Waals surface area contributed by atoms with E-state index in [0.29, 0.717) is 22.6 Å². The molecule has 0 aliphatic carbocycles. The maximum atomic E-state index is 14.7. The molecule has 0 radical (unpaired) electrons. The number of carbonyl (C=O) groups excluding carboxylic acids is 1. The fourth-order valence-corrected chi connectivity index (χ4v) is 28.4. The molecule has 0 heterocycles. The van der Waals surface area contributed by atoms with E-state index in [4.69, 9.17) is 0 Å². The van der Waals surface area contributed by atoms with Crippen molar-refractivity contribution in [3.8, 4) is 0 Å². The van der Waals surface area contributed by atoms with Crippen molar-refractivity contribution in [3.63, 3.8) is 0 Å². The van der Waals surface area contributed by atoms with Crippen LogP contribution in [0, 0.1) is 0 Å². The smallest absolute Gasteiger partial charge is 1.00 e. The summed E-state index contributed by atoms with van der Waals surface area (Å²) >= 11 is 0. The van der Waals surface area contributed by atoms with Gasteiger partial charge in [-0.05, 0) is 0 Å². The monoisotopic (exact) mass is 574 g/mol. The molecule has 25 heavy (non-hydrogen) atoms. The molecule has 0 spiro atoms. The minimum atomic E-state index is -2.20. The van der Waals surface area contributed by atoms with Crippen LogP contribution in [-0.2, 0) is 20.1 Å². The molecule has 1 nitrogen and oxygen atoms in total. The molecule has 0 rings (SSSR count). The second-order valence-electron chi connectivity index (χ2n) is 11.2. The zero-order valence-corrected chi connectivity index (χ0v) is 23.9. The van der Waals surface area contributed by atoms with Crippen LogP contribution in [0.4, 0.5) is 4.79 Å². The van der Waals surface area contributed by atoms with Crippen molar-refractivity contribution < 1.29 is 29.2 Å². The van der Waals surface area contributed by atoms with E-state index in [0.717, 1.165) is 5.27 Å². The second-order valence-corrected chi connectivity index (χ2v) is 23.7. The summed E-state index contributed by atoms with van der Waals surface area (Å²) in [6.45, 7) is 32.7. The van der Waals surface area contributed by atoms with Gasteiger partial charge in [-0.2, -0.15) is 0 Å². The van der Waals surface area contributed by atoms with Gasteiger partial charge in [0.1, 0.15) is 0 Å². The van der Waals surface area contributed by atoms with Gasteiger partial charge in [0.2, 0.25) is 0 Å². The van der Waals surface area contributed by atoms with Crippen LogP contribution < -0.4 is 0 Å². The molecule has 0 aromatic carbocycles. The maximum Gasteiger partial charge on any atom is 3.00 e. The number of carbonyl (C=O) groups is 1. The van der Waals surface area contributed by atoms with Crippen molar-refractivity contribution >= 4 is 19.8 Å². The summed E-state index contributed by atoms with van der Waals surface area (Å²) in [5.74, 6) is 0. The quantitative estimate of drug-likeness (QED) is 0.293. The van der Waals surface area contributed by atoms with E-state index < -0.39 is 14.5 Å². The van der Waals surface area contributed by atoms with Crippen LogP contribution >= 0.6 is 14.5 Å². The third-order valence-electron chi connectivity index (χ3n) is 6.88. The van der Waals surface area contributed by atoms with Crippen LogP contribution in [0.2, 0.25) is 0 Å². The van der Waals surface area contributed by atoms with Crippen LogP contribution in [0.15, 0.2) is 0 Å². The van der Waals surface area contributed by atoms with Gasteiger partial charge < -0.3 is 4.28 Å². The number of hydrogen-bond donors (Lipinski definition) is 0. The van der Waals surface area contributed by atoms with Crippen molar-refractivity contribution in [2.75, 3.05) is 0 Å². The van der Waals surface area contributed by atoms with Crippen molar-refractivity contribution in [2.45, 2.75) is 130 Å². The Labute approximate surface area is 178 Å². The van der Waals surface area contributed by atoms with E-state index in [1.807, 2.05) is 0 Å². The van der Waals surface area contributed by atoms with Crippen LogP contribution in [0.5, 0.6) is 0 Å². The Morgan fingerprint density at radius 2 is 0.760 bits per heavy atom. The summed E-state index contributed by atoms with van der Waals surface area (Å²) in [5, 5.41) is 0.962. The molecule has 0 N–H and O–H groups in total. The first-order chi connectivity index (χ1) is 10.4. The summed E-state index contributed by atoms with van der Waals surface area (Å²) in [7, 11) is -4.41. The Balaban J connectivity index is -0.000000441. The molecule has 0 aromatic heterocycles. The molecule has 0 aliphatic heterocycles. The van der Waals surface area contributed by atoms with Gasteiger partial charge in [-0.3, -0.25) is 0 Å². The third-order valence-corrected chi connectivity index (χ3v) is 23.1. The normalized spacial score (nSPS) is 15.8. The Morgan fingerprint density at radius 1 is 0.600 bits per heavy atom. The molecule has 0 saturated heterocycles. The molecular formula is C21H51IrOP2. The first-order valence-electron chi connectivity index (χ1n) is 9.98. The van der Waals surface area contributed by atoms with E-state index in [-0.39, 0.29) is 34.7 Å². The maximum absolute atomic E-state index is 14.7. The predicted octanol–water partition coefficient (Wildman–Crippen LogP) is 8.17. The van der Waals surface area contributed by atoms with E-state index in [1.165, 1.54) is 0 Å². The van der Waals surface area contributed by atoms with Gasteiger partial charge in [-0.25, -0.2) is 0 Å². The standard InChI is InChI=1S/C21H48OP2.Ir.3H/c1-15(2)23(16(3)4,20(9,10)11)19(22)24(17(5)6,18(7)8)21(12,13)14;;;;/h15-18,23-24H,1-14H3;;;;/q;+3;3*-1. The molecule has 0 atom stereocenters. The Kier molecular flexibility index (Phi) is 10.4. The van der Waals surface area contributed by atoms with Gasteiger partial charge in [0.25, 0.3) is 0 Å². The van der Waals surface area contributed by atoms with Gasteiger partial charge in [-0.15, -0.1) is 0 Å². The summed E-state index contributed by atoms with van der Waals surface area (Å²) in [6.07, 6.45) is 0. The van der Waals surface area contributed by atoms with Crippen molar-refractivity contribution in [1.29, 1.82) is 0 Å². The molecule has 0 amide bonds. The number of hydrogen-bond acceptors (Lipinski definition) is 1. The average Bonchev–Trinajstić information content (AvgIpc) is 2.22. The molecule has 0 fully saturated rings. The fraction of sp³-hybridized carbons (Fsp3) is 0.952. The van der Waals surface area contributed by atoms with Crippen LogP contribution in [0.25, 0.3) is 0 Å². The second kappa shape index (κ2) is 9.12. The zero-order valence-electron chi connectivity index (χ0n) is 22.6. The first kappa shape index (κ1) is 28.4. The molecule has 0 aromatic rings. The largest absolute Gasteiger partial charge is 3.00 e. The van der Waals surface area contributed by atoms with Crippen molar-refractivity contribution in [2.24, 2.45) is 0 Å². The van der Waals surface area contributed by atoms with Gasteiger partial charge in [0, 0.05) is 0 Å². The predicted molar refractivity (Wildman–Crippen MR) is 125 cm³/mol. The minimum Gasteiger partial charge on any atom is -1.00 e. The average molecular weight is 574 g/mol. The Hall–Kier alpha value is 1.18. The Bertz CT molecular complexity index is 398. The van der Waals surface area contributed by atoms with Gasteiger partial charge in [0.15, 0.2) is 0 Å². The van der Waals surface area contributed by atoms with Crippen molar-refractivity contribution in [3.05, 3.63) is 0 Å². The molecule has 0 unspecified atom stereocenters. The van der Waals surface area contributed by atoms with E-state index in [1.54, 1.807) is 0 Å². The fourth-order valence-electron chi connectivity index (χ4n) is 6.87. The molecule has 0 bridgehead atoms. The van der Waals surface area contributed by atoms with Gasteiger partial charge >= 0.3 is 175 Å². The summed E-state index contributed by atoms with van der Waals surface area (Å²) in [5.41, 5.74) is 1.93. The minimum absolute atomic E-state index is 0. The first-order valence-corrected chi connectivity index (χ1v) is 14.3. The van der Waals surface area contributed by atoms with Crippen LogP contribution in [-0.4, -0.2) is 38.2 Å². The van der Waals surface area contributed by atoms with E-state index >= 15 is 0 Å². The van der Waals surface area contributed by atoms with Crippen molar-refractivity contribution in [1.82, 2.24) is 0 Å². The molecule has 0 saturated carbocycles. The third kappa shape index (κ3) is 4.44.